The third-order valence-electron chi connectivity index (χ3n) is 7.14. The minimum absolute atomic E-state index is 0.00204. The van der Waals surface area contributed by atoms with Gasteiger partial charge in [-0.05, 0) is 46.0 Å². The standard InChI is InChI=1S/C29H37N5O8/c1-3-40-29(39)42-34-16-15-33(18-19(34)2)28(38)22(13-14-25(35)36)31-27(37)23-17-24(41-21-11-7-8-12-21)32-26(30-23)20-9-5-4-6-10-20/h4-6,9-10,17,19,21-22H,3,7-8,11-16,18H2,1-2H3,(H,31,37)(H,35,36)/t19?,22-/m0/s1. The number of carboxylic acids is 1. The van der Waals surface area contributed by atoms with Crippen LogP contribution in [0.25, 0.3) is 11.4 Å². The van der Waals surface area contributed by atoms with E-state index in [1.165, 1.54) is 16.0 Å². The summed E-state index contributed by atoms with van der Waals surface area (Å²) in [5, 5.41) is 13.4. The molecule has 0 radical (unpaired) electrons. The van der Waals surface area contributed by atoms with Gasteiger partial charge in [-0.2, -0.15) is 4.98 Å². The summed E-state index contributed by atoms with van der Waals surface area (Å²) in [5.41, 5.74) is 0.699. The van der Waals surface area contributed by atoms with E-state index in [9.17, 15) is 24.3 Å². The second-order valence-electron chi connectivity index (χ2n) is 10.3. The van der Waals surface area contributed by atoms with Gasteiger partial charge in [0.15, 0.2) is 5.82 Å². The lowest BCUT2D eigenvalue weighted by Crippen LogP contribution is -2.58. The van der Waals surface area contributed by atoms with E-state index in [0.717, 1.165) is 25.7 Å². The molecule has 4 rings (SSSR count). The van der Waals surface area contributed by atoms with E-state index in [1.807, 2.05) is 30.3 Å². The van der Waals surface area contributed by atoms with Crippen molar-refractivity contribution in [2.24, 2.45) is 0 Å². The van der Waals surface area contributed by atoms with Crippen LogP contribution in [0.2, 0.25) is 0 Å². The molecule has 1 aliphatic heterocycles. The smallest absolute Gasteiger partial charge is 0.481 e. The van der Waals surface area contributed by atoms with Crippen molar-refractivity contribution >= 4 is 23.9 Å². The maximum atomic E-state index is 13.5. The fourth-order valence-electron chi connectivity index (χ4n) is 4.99. The molecule has 2 aliphatic rings. The normalized spacial score (nSPS) is 18.2. The average molecular weight is 584 g/mol. The van der Waals surface area contributed by atoms with Crippen molar-refractivity contribution in [2.75, 3.05) is 26.2 Å². The molecule has 2 aromatic rings. The van der Waals surface area contributed by atoms with Crippen LogP contribution < -0.4 is 10.1 Å². The van der Waals surface area contributed by atoms with Gasteiger partial charge in [0.25, 0.3) is 5.91 Å². The number of carbonyl (C=O) groups is 4. The summed E-state index contributed by atoms with van der Waals surface area (Å²) in [7, 11) is 0. The summed E-state index contributed by atoms with van der Waals surface area (Å²) in [6.45, 7) is 4.24. The first kappa shape index (κ1) is 30.7. The summed E-state index contributed by atoms with van der Waals surface area (Å²) in [4.78, 5) is 65.9. The first-order valence-corrected chi connectivity index (χ1v) is 14.3. The molecule has 2 heterocycles. The average Bonchev–Trinajstić information content (AvgIpc) is 3.49. The van der Waals surface area contributed by atoms with Gasteiger partial charge >= 0.3 is 12.1 Å². The molecule has 1 unspecified atom stereocenters. The first-order valence-electron chi connectivity index (χ1n) is 14.3. The van der Waals surface area contributed by atoms with Gasteiger partial charge in [-0.25, -0.2) is 9.78 Å². The number of carboxylic acid groups (broad SMARTS) is 1. The fraction of sp³-hybridized carbons (Fsp3) is 0.517. The molecule has 0 spiro atoms. The topological polar surface area (TPSA) is 160 Å². The number of hydrogen-bond donors (Lipinski definition) is 2. The Bertz CT molecular complexity index is 1250. The fourth-order valence-corrected chi connectivity index (χ4v) is 4.99. The quantitative estimate of drug-likeness (QED) is 0.374. The molecule has 0 bridgehead atoms. The van der Waals surface area contributed by atoms with E-state index in [4.69, 9.17) is 14.3 Å². The first-order chi connectivity index (χ1) is 20.2. The van der Waals surface area contributed by atoms with Crippen molar-refractivity contribution in [3.63, 3.8) is 0 Å². The van der Waals surface area contributed by atoms with Crippen LogP contribution in [0, 0.1) is 0 Å². The SMILES string of the molecule is CCOC(=O)ON1CCN(C(=O)[C@H](CCC(=O)O)NC(=O)c2cc(OC3CCCC3)nc(-c3ccccc3)n2)CC1C. The van der Waals surface area contributed by atoms with Crippen molar-refractivity contribution in [2.45, 2.75) is 70.6 Å². The van der Waals surface area contributed by atoms with E-state index < -0.39 is 30.0 Å². The maximum Gasteiger partial charge on any atom is 0.527 e. The largest absolute Gasteiger partial charge is 0.527 e. The zero-order valence-corrected chi connectivity index (χ0v) is 23.9. The Balaban J connectivity index is 1.51. The van der Waals surface area contributed by atoms with Crippen LogP contribution in [0.4, 0.5) is 4.79 Å². The van der Waals surface area contributed by atoms with Crippen LogP contribution in [0.3, 0.4) is 0 Å². The highest BCUT2D eigenvalue weighted by atomic mass is 16.8. The van der Waals surface area contributed by atoms with E-state index in [0.29, 0.717) is 11.4 Å². The summed E-state index contributed by atoms with van der Waals surface area (Å²) < 4.78 is 10.9. The van der Waals surface area contributed by atoms with Gasteiger partial charge in [0.05, 0.1) is 19.2 Å². The number of hydrogen-bond acceptors (Lipinski definition) is 10. The molecule has 226 valence electrons. The number of nitrogens with zero attached hydrogens (tertiary/aromatic N) is 4. The number of nitrogens with one attached hydrogen (secondary N) is 1. The van der Waals surface area contributed by atoms with E-state index in [1.54, 1.807) is 13.8 Å². The number of carbonyl (C=O) groups excluding carboxylic acids is 3. The molecular formula is C29H37N5O8. The van der Waals surface area contributed by atoms with Crippen molar-refractivity contribution in [1.29, 1.82) is 0 Å². The van der Waals surface area contributed by atoms with Crippen LogP contribution >= 0.6 is 0 Å². The van der Waals surface area contributed by atoms with Gasteiger partial charge < -0.3 is 29.6 Å². The molecule has 1 aromatic carbocycles. The second kappa shape index (κ2) is 14.6. The highest BCUT2D eigenvalue weighted by molar-refractivity contribution is 5.96. The van der Waals surface area contributed by atoms with E-state index >= 15 is 0 Å². The Morgan fingerprint density at radius 1 is 1.10 bits per heavy atom. The molecule has 1 saturated heterocycles. The van der Waals surface area contributed by atoms with Gasteiger partial charge in [-0.3, -0.25) is 14.4 Å². The highest BCUT2D eigenvalue weighted by Gasteiger charge is 2.34. The highest BCUT2D eigenvalue weighted by Crippen LogP contribution is 2.25. The molecule has 13 heteroatoms. The summed E-state index contributed by atoms with van der Waals surface area (Å²) in [6.07, 6.45) is 2.64. The zero-order valence-electron chi connectivity index (χ0n) is 23.9. The molecule has 1 aromatic heterocycles. The molecule has 13 nitrogen and oxygen atoms in total. The van der Waals surface area contributed by atoms with Gasteiger partial charge in [-0.1, -0.05) is 30.3 Å². The molecule has 42 heavy (non-hydrogen) atoms. The minimum Gasteiger partial charge on any atom is -0.481 e. The number of amides is 2. The Labute approximate surface area is 244 Å². The lowest BCUT2D eigenvalue weighted by molar-refractivity contribution is -0.176. The van der Waals surface area contributed by atoms with Crippen LogP contribution in [-0.2, 0) is 19.2 Å². The molecule has 1 aliphatic carbocycles. The minimum atomic E-state index is -1.12. The number of ether oxygens (including phenoxy) is 2. The maximum absolute atomic E-state index is 13.5. The monoisotopic (exact) mass is 583 g/mol. The lowest BCUT2D eigenvalue weighted by Gasteiger charge is -2.39. The molecule has 2 atom stereocenters. The van der Waals surface area contributed by atoms with Gasteiger partial charge in [-0.15, -0.1) is 5.06 Å². The van der Waals surface area contributed by atoms with Gasteiger partial charge in [0.2, 0.25) is 11.8 Å². The molecule has 2 N–H and O–H groups in total. The van der Waals surface area contributed by atoms with Crippen LogP contribution in [0.1, 0.15) is 62.9 Å². The second-order valence-corrected chi connectivity index (χ2v) is 10.3. The third-order valence-corrected chi connectivity index (χ3v) is 7.14. The molecular weight excluding hydrogens is 546 g/mol. The van der Waals surface area contributed by atoms with Crippen molar-refractivity contribution in [1.82, 2.24) is 25.2 Å². The van der Waals surface area contributed by atoms with E-state index in [2.05, 4.69) is 15.3 Å². The van der Waals surface area contributed by atoms with Crippen molar-refractivity contribution in [3.05, 3.63) is 42.1 Å². The number of hydroxylamine groups is 2. The number of aliphatic carboxylic acids is 1. The Morgan fingerprint density at radius 3 is 2.50 bits per heavy atom. The number of piperazine rings is 1. The van der Waals surface area contributed by atoms with Crippen LogP contribution in [0.15, 0.2) is 36.4 Å². The van der Waals surface area contributed by atoms with Gasteiger partial charge in [0, 0.05) is 31.1 Å². The Kier molecular flexibility index (Phi) is 10.7. The summed E-state index contributed by atoms with van der Waals surface area (Å²) in [6, 6.07) is 9.15. The van der Waals surface area contributed by atoms with Crippen molar-refractivity contribution < 1.29 is 38.6 Å². The molecule has 1 saturated carbocycles. The van der Waals surface area contributed by atoms with Crippen molar-refractivity contribution in [3.8, 4) is 17.3 Å². The van der Waals surface area contributed by atoms with Gasteiger partial charge in [0.1, 0.15) is 17.8 Å². The van der Waals surface area contributed by atoms with Crippen LogP contribution in [-0.4, -0.2) is 93.4 Å². The number of benzene rings is 1. The Hall–Kier alpha value is -4.26. The number of rotatable bonds is 11. The predicted octanol–water partition coefficient (Wildman–Crippen LogP) is 3.05. The third kappa shape index (κ3) is 8.38. The Morgan fingerprint density at radius 2 is 1.83 bits per heavy atom. The summed E-state index contributed by atoms with van der Waals surface area (Å²) in [5.74, 6) is -1.61. The lowest BCUT2D eigenvalue weighted by atomic mass is 10.1. The zero-order chi connectivity index (χ0) is 30.1. The van der Waals surface area contributed by atoms with E-state index in [-0.39, 0.29) is 62.8 Å². The number of aromatic nitrogens is 2. The molecule has 2 fully saturated rings. The predicted molar refractivity (Wildman–Crippen MR) is 149 cm³/mol. The molecule has 2 amide bonds. The summed E-state index contributed by atoms with van der Waals surface area (Å²) >= 11 is 0. The van der Waals surface area contributed by atoms with Crippen LogP contribution in [0.5, 0.6) is 5.88 Å².